The van der Waals surface area contributed by atoms with Crippen LogP contribution < -0.4 is 15.4 Å². The van der Waals surface area contributed by atoms with Crippen molar-refractivity contribution in [2.45, 2.75) is 46.3 Å². The Labute approximate surface area is 190 Å². The zero-order valence-electron chi connectivity index (χ0n) is 19.6. The lowest BCUT2D eigenvalue weighted by Crippen LogP contribution is -2.51. The number of esters is 1. The molecule has 1 aromatic rings. The second kappa shape index (κ2) is 11.3. The van der Waals surface area contributed by atoms with Crippen LogP contribution >= 0.6 is 0 Å². The zero-order chi connectivity index (χ0) is 23.1. The minimum absolute atomic E-state index is 0.0684. The van der Waals surface area contributed by atoms with Crippen LogP contribution in [0.25, 0.3) is 0 Å². The van der Waals surface area contributed by atoms with Gasteiger partial charge in [-0.05, 0) is 51.4 Å². The summed E-state index contributed by atoms with van der Waals surface area (Å²) < 4.78 is 11.1. The van der Waals surface area contributed by atoms with Gasteiger partial charge in [0.25, 0.3) is 0 Å². The monoisotopic (exact) mass is 444 g/mol. The van der Waals surface area contributed by atoms with Gasteiger partial charge in [-0.25, -0.2) is 9.59 Å². The highest BCUT2D eigenvalue weighted by atomic mass is 16.5. The quantitative estimate of drug-likeness (QED) is 0.570. The third-order valence-corrected chi connectivity index (χ3v) is 5.62. The molecule has 8 heteroatoms. The molecule has 176 valence electrons. The Kier molecular flexibility index (Phi) is 8.53. The molecule has 1 saturated heterocycles. The second-order valence-corrected chi connectivity index (χ2v) is 8.50. The van der Waals surface area contributed by atoms with Crippen molar-refractivity contribution in [3.63, 3.8) is 0 Å². The van der Waals surface area contributed by atoms with Gasteiger partial charge in [-0.15, -0.1) is 0 Å². The SMILES string of the molecule is CCCN1CCN(CC2=C(C(=O)OCC)[C@@H](c3ccc(OC(C)C)cc3)NC(=O)N2)CC1. The maximum Gasteiger partial charge on any atom is 0.338 e. The molecule has 0 saturated carbocycles. The number of rotatable bonds is 9. The Bertz CT molecular complexity index is 814. The highest BCUT2D eigenvalue weighted by molar-refractivity contribution is 5.95. The van der Waals surface area contributed by atoms with E-state index in [4.69, 9.17) is 9.47 Å². The Morgan fingerprint density at radius 2 is 1.75 bits per heavy atom. The van der Waals surface area contributed by atoms with Crippen LogP contribution in [0.1, 0.15) is 45.7 Å². The molecule has 0 bridgehead atoms. The summed E-state index contributed by atoms with van der Waals surface area (Å²) in [6, 6.07) is 6.60. The normalized spacial score (nSPS) is 20.2. The molecule has 8 nitrogen and oxygen atoms in total. The molecule has 2 heterocycles. The molecule has 32 heavy (non-hydrogen) atoms. The maximum absolute atomic E-state index is 13.0. The molecule has 1 atom stereocenters. The number of piperazine rings is 1. The Morgan fingerprint density at radius 1 is 1.09 bits per heavy atom. The van der Waals surface area contributed by atoms with Crippen LogP contribution in [0, 0.1) is 0 Å². The van der Waals surface area contributed by atoms with Crippen molar-refractivity contribution in [2.75, 3.05) is 45.9 Å². The molecule has 0 unspecified atom stereocenters. The first-order valence-electron chi connectivity index (χ1n) is 11.6. The standard InChI is InChI=1S/C24H36N4O4/c1-5-11-27-12-14-28(15-13-27)16-20-21(23(29)31-6-2)22(26-24(30)25-20)18-7-9-19(10-8-18)32-17(3)4/h7-10,17,22H,5-6,11-16H2,1-4H3,(H2,25,26,30)/t22-/m1/s1. The highest BCUT2D eigenvalue weighted by Gasteiger charge is 2.34. The molecule has 2 amide bonds. The number of nitrogens with one attached hydrogen (secondary N) is 2. The van der Waals surface area contributed by atoms with E-state index in [9.17, 15) is 9.59 Å². The fourth-order valence-electron chi connectivity index (χ4n) is 4.16. The van der Waals surface area contributed by atoms with Crippen LogP contribution in [-0.4, -0.2) is 73.8 Å². The molecular formula is C24H36N4O4. The molecule has 3 rings (SSSR count). The number of carbonyl (C=O) groups is 2. The summed E-state index contributed by atoms with van der Waals surface area (Å²) in [5.41, 5.74) is 1.88. The van der Waals surface area contributed by atoms with Gasteiger partial charge in [0.2, 0.25) is 0 Å². The topological polar surface area (TPSA) is 83.1 Å². The van der Waals surface area contributed by atoms with E-state index in [-0.39, 0.29) is 18.7 Å². The van der Waals surface area contributed by atoms with Crippen LogP contribution in [0.3, 0.4) is 0 Å². The van der Waals surface area contributed by atoms with E-state index < -0.39 is 12.0 Å². The summed E-state index contributed by atoms with van der Waals surface area (Å²) in [6.07, 6.45) is 1.21. The first-order chi connectivity index (χ1) is 15.4. The molecule has 2 N–H and O–H groups in total. The van der Waals surface area contributed by atoms with Crippen molar-refractivity contribution in [2.24, 2.45) is 0 Å². The summed E-state index contributed by atoms with van der Waals surface area (Å²) in [7, 11) is 0. The molecule has 0 radical (unpaired) electrons. The van der Waals surface area contributed by atoms with Crippen LogP contribution in [0.5, 0.6) is 5.75 Å². The molecule has 2 aliphatic rings. The number of ether oxygens (including phenoxy) is 2. The first-order valence-corrected chi connectivity index (χ1v) is 11.6. The maximum atomic E-state index is 13.0. The second-order valence-electron chi connectivity index (χ2n) is 8.50. The lowest BCUT2D eigenvalue weighted by atomic mass is 9.94. The molecule has 0 aliphatic carbocycles. The van der Waals surface area contributed by atoms with Gasteiger partial charge in [-0.1, -0.05) is 19.1 Å². The number of nitrogens with zero attached hydrogens (tertiary/aromatic N) is 2. The third kappa shape index (κ3) is 6.23. The minimum atomic E-state index is -0.577. The molecular weight excluding hydrogens is 408 g/mol. The highest BCUT2D eigenvalue weighted by Crippen LogP contribution is 2.29. The first kappa shape index (κ1) is 24.1. The molecule has 2 aliphatic heterocycles. The fourth-order valence-corrected chi connectivity index (χ4v) is 4.16. The van der Waals surface area contributed by atoms with Gasteiger partial charge in [-0.2, -0.15) is 0 Å². The lowest BCUT2D eigenvalue weighted by Gasteiger charge is -2.37. The van der Waals surface area contributed by atoms with Crippen molar-refractivity contribution in [3.05, 3.63) is 41.1 Å². The number of benzene rings is 1. The largest absolute Gasteiger partial charge is 0.491 e. The number of urea groups is 1. The predicted octanol–water partition coefficient (Wildman–Crippen LogP) is 2.67. The molecule has 1 fully saturated rings. The summed E-state index contributed by atoms with van der Waals surface area (Å²) in [5, 5.41) is 5.77. The summed E-state index contributed by atoms with van der Waals surface area (Å²) in [4.78, 5) is 30.2. The van der Waals surface area contributed by atoms with E-state index >= 15 is 0 Å². The Balaban J connectivity index is 1.85. The summed E-state index contributed by atoms with van der Waals surface area (Å²) >= 11 is 0. The van der Waals surface area contributed by atoms with Gasteiger partial charge in [0.15, 0.2) is 0 Å². The van der Waals surface area contributed by atoms with E-state index in [1.165, 1.54) is 0 Å². The van der Waals surface area contributed by atoms with Gasteiger partial charge in [0, 0.05) is 38.4 Å². The summed E-state index contributed by atoms with van der Waals surface area (Å²) in [6.45, 7) is 13.6. The Hall–Kier alpha value is -2.58. The zero-order valence-corrected chi connectivity index (χ0v) is 19.6. The van der Waals surface area contributed by atoms with E-state index in [1.807, 2.05) is 38.1 Å². The van der Waals surface area contributed by atoms with Gasteiger partial charge in [0.05, 0.1) is 24.3 Å². The van der Waals surface area contributed by atoms with Gasteiger partial charge >= 0.3 is 12.0 Å². The van der Waals surface area contributed by atoms with E-state index in [0.717, 1.165) is 50.5 Å². The lowest BCUT2D eigenvalue weighted by molar-refractivity contribution is -0.139. The summed E-state index contributed by atoms with van der Waals surface area (Å²) in [5.74, 6) is 0.336. The number of hydrogen-bond acceptors (Lipinski definition) is 6. The average molecular weight is 445 g/mol. The third-order valence-electron chi connectivity index (χ3n) is 5.62. The predicted molar refractivity (Wildman–Crippen MR) is 123 cm³/mol. The van der Waals surface area contributed by atoms with E-state index in [0.29, 0.717) is 17.8 Å². The van der Waals surface area contributed by atoms with Crippen molar-refractivity contribution in [3.8, 4) is 5.75 Å². The van der Waals surface area contributed by atoms with Crippen LogP contribution in [0.15, 0.2) is 35.5 Å². The molecule has 0 aromatic heterocycles. The minimum Gasteiger partial charge on any atom is -0.491 e. The van der Waals surface area contributed by atoms with Crippen LogP contribution in [0.2, 0.25) is 0 Å². The average Bonchev–Trinajstić information content (AvgIpc) is 2.75. The van der Waals surface area contributed by atoms with Gasteiger partial charge < -0.3 is 25.0 Å². The van der Waals surface area contributed by atoms with E-state index in [1.54, 1.807) is 6.92 Å². The number of hydrogen-bond donors (Lipinski definition) is 2. The van der Waals surface area contributed by atoms with Crippen LogP contribution in [0.4, 0.5) is 4.79 Å². The fraction of sp³-hybridized carbons (Fsp3) is 0.583. The van der Waals surface area contributed by atoms with Gasteiger partial charge in [0.1, 0.15) is 5.75 Å². The number of carbonyl (C=O) groups excluding carboxylic acids is 2. The Morgan fingerprint density at radius 3 is 2.34 bits per heavy atom. The van der Waals surface area contributed by atoms with Crippen molar-refractivity contribution in [1.82, 2.24) is 20.4 Å². The van der Waals surface area contributed by atoms with Crippen molar-refractivity contribution in [1.29, 1.82) is 0 Å². The molecule has 1 aromatic carbocycles. The van der Waals surface area contributed by atoms with Gasteiger partial charge in [-0.3, -0.25) is 4.90 Å². The van der Waals surface area contributed by atoms with Crippen molar-refractivity contribution < 1.29 is 19.1 Å². The van der Waals surface area contributed by atoms with E-state index in [2.05, 4.69) is 27.4 Å². The van der Waals surface area contributed by atoms with Crippen LogP contribution in [-0.2, 0) is 9.53 Å². The number of amides is 2. The molecule has 0 spiro atoms. The smallest absolute Gasteiger partial charge is 0.338 e. The van der Waals surface area contributed by atoms with Crippen molar-refractivity contribution >= 4 is 12.0 Å².